The summed E-state index contributed by atoms with van der Waals surface area (Å²) in [5, 5.41) is 84.4. The van der Waals surface area contributed by atoms with Gasteiger partial charge in [0.15, 0.2) is 0 Å². The molecule has 18 nitrogen and oxygen atoms in total. The van der Waals surface area contributed by atoms with Gasteiger partial charge in [0.25, 0.3) is 0 Å². The highest BCUT2D eigenvalue weighted by Gasteiger charge is 2.33. The van der Waals surface area contributed by atoms with Crippen molar-refractivity contribution >= 4 is 11.8 Å². The molecule has 0 aromatic heterocycles. The molecule has 0 spiro atoms. The van der Waals surface area contributed by atoms with E-state index >= 15 is 0 Å². The summed E-state index contributed by atoms with van der Waals surface area (Å²) in [6, 6.07) is -2.59. The average molecular weight is 661 g/mol. The summed E-state index contributed by atoms with van der Waals surface area (Å²) < 4.78 is 23.4. The summed E-state index contributed by atoms with van der Waals surface area (Å²) in [5.74, 6) is -0.872. The van der Waals surface area contributed by atoms with Crippen LogP contribution < -0.4 is 21.3 Å². The van der Waals surface area contributed by atoms with Crippen LogP contribution in [-0.4, -0.2) is 196 Å². The number of rotatable bonds is 32. The maximum absolute atomic E-state index is 12.1. The number of hydrogen-bond acceptors (Lipinski definition) is 16. The quantitative estimate of drug-likeness (QED) is 0.0299. The number of hydrogen-bond donors (Lipinski definition) is 12. The lowest BCUT2D eigenvalue weighted by molar-refractivity contribution is -0.127. The number of ether oxygens (including phenoxy) is 4. The molecule has 0 aliphatic heterocycles. The van der Waals surface area contributed by atoms with E-state index in [0.29, 0.717) is 13.1 Å². The molecule has 2 amide bonds. The first-order chi connectivity index (χ1) is 21.8. The Bertz CT molecular complexity index is 653. The second-order valence-electron chi connectivity index (χ2n) is 10.5. The number of aliphatic hydroxyl groups is 8. The van der Waals surface area contributed by atoms with Crippen molar-refractivity contribution in [3.05, 3.63) is 0 Å². The van der Waals surface area contributed by atoms with E-state index in [1.807, 2.05) is 0 Å². The molecule has 0 rings (SSSR count). The molecule has 0 saturated carbocycles. The zero-order valence-corrected chi connectivity index (χ0v) is 26.0. The van der Waals surface area contributed by atoms with Gasteiger partial charge < -0.3 is 81.1 Å². The SMILES string of the molecule is O=C(CCOCC(COCCNC(CO)CO)(COCCNC(CO)CO)COCCC(=O)NC(CO)CO)NC(CO)CO. The Labute approximate surface area is 264 Å². The van der Waals surface area contributed by atoms with Crippen molar-refractivity contribution in [1.29, 1.82) is 0 Å². The summed E-state index contributed by atoms with van der Waals surface area (Å²) >= 11 is 0. The Morgan fingerprint density at radius 1 is 0.467 bits per heavy atom. The van der Waals surface area contributed by atoms with E-state index in [-0.39, 0.29) is 92.1 Å². The van der Waals surface area contributed by atoms with Crippen molar-refractivity contribution in [3.63, 3.8) is 0 Å². The molecule has 0 aromatic rings. The maximum Gasteiger partial charge on any atom is 0.222 e. The molecule has 18 heteroatoms. The summed E-state index contributed by atoms with van der Waals surface area (Å²) in [5.41, 5.74) is -0.939. The number of amides is 2. The van der Waals surface area contributed by atoms with Crippen molar-refractivity contribution in [1.82, 2.24) is 21.3 Å². The molecule has 0 saturated heterocycles. The van der Waals surface area contributed by atoms with Gasteiger partial charge in [0.1, 0.15) is 0 Å². The van der Waals surface area contributed by atoms with E-state index in [0.717, 1.165) is 0 Å². The lowest BCUT2D eigenvalue weighted by Crippen LogP contribution is -2.44. The third kappa shape index (κ3) is 21.7. The molecule has 0 bridgehead atoms. The van der Waals surface area contributed by atoms with Gasteiger partial charge in [-0.3, -0.25) is 9.59 Å². The fourth-order valence-electron chi connectivity index (χ4n) is 3.68. The zero-order chi connectivity index (χ0) is 33.8. The van der Waals surface area contributed by atoms with Crippen molar-refractivity contribution in [2.45, 2.75) is 37.0 Å². The molecular weight excluding hydrogens is 604 g/mol. The third-order valence-corrected chi connectivity index (χ3v) is 6.43. The Kier molecular flexibility index (Phi) is 27.6. The molecule has 0 heterocycles. The number of nitrogens with one attached hydrogen (secondary N) is 4. The predicted molar refractivity (Wildman–Crippen MR) is 159 cm³/mol. The minimum absolute atomic E-state index is 0.000326. The van der Waals surface area contributed by atoms with E-state index in [4.69, 9.17) is 39.4 Å². The number of carbonyl (C=O) groups excluding carboxylic acids is 2. The van der Waals surface area contributed by atoms with Crippen molar-refractivity contribution in [2.75, 3.05) is 119 Å². The molecule has 0 radical (unpaired) electrons. The first kappa shape index (κ1) is 43.4. The van der Waals surface area contributed by atoms with Crippen molar-refractivity contribution in [2.24, 2.45) is 5.41 Å². The molecule has 12 N–H and O–H groups in total. The van der Waals surface area contributed by atoms with Gasteiger partial charge in [0.05, 0.1) is 135 Å². The lowest BCUT2D eigenvalue weighted by atomic mass is 9.92. The maximum atomic E-state index is 12.1. The number of carbonyl (C=O) groups is 2. The van der Waals surface area contributed by atoms with Crippen LogP contribution in [0.5, 0.6) is 0 Å². The van der Waals surface area contributed by atoms with Gasteiger partial charge in [-0.15, -0.1) is 0 Å². The van der Waals surface area contributed by atoms with Gasteiger partial charge >= 0.3 is 0 Å². The smallest absolute Gasteiger partial charge is 0.222 e. The highest BCUT2D eigenvalue weighted by Crippen LogP contribution is 2.21. The Morgan fingerprint density at radius 3 is 1.04 bits per heavy atom. The molecule has 0 aromatic carbocycles. The predicted octanol–water partition coefficient (Wildman–Crippen LogP) is -6.36. The van der Waals surface area contributed by atoms with Crippen LogP contribution in [-0.2, 0) is 28.5 Å². The van der Waals surface area contributed by atoms with Gasteiger partial charge in [-0.1, -0.05) is 0 Å². The summed E-state index contributed by atoms with van der Waals surface area (Å²) in [6.07, 6.45) is -0.124. The van der Waals surface area contributed by atoms with Crippen LogP contribution in [0, 0.1) is 5.41 Å². The Morgan fingerprint density at radius 2 is 0.756 bits per heavy atom. The van der Waals surface area contributed by atoms with E-state index < -0.39 is 67.8 Å². The minimum atomic E-state index is -0.939. The van der Waals surface area contributed by atoms with Crippen molar-refractivity contribution < 1.29 is 69.4 Å². The lowest BCUT2D eigenvalue weighted by Gasteiger charge is -2.33. The fourth-order valence-corrected chi connectivity index (χ4v) is 3.68. The van der Waals surface area contributed by atoms with Gasteiger partial charge in [-0.25, -0.2) is 0 Å². The number of aliphatic hydroxyl groups excluding tert-OH is 8. The monoisotopic (exact) mass is 660 g/mol. The minimum Gasteiger partial charge on any atom is -0.395 e. The van der Waals surface area contributed by atoms with Gasteiger partial charge in [0.2, 0.25) is 11.8 Å². The summed E-state index contributed by atoms with van der Waals surface area (Å²) in [6.45, 7) is -1.65. The van der Waals surface area contributed by atoms with Crippen molar-refractivity contribution in [3.8, 4) is 0 Å². The topological polar surface area (TPSA) is 281 Å². The Balaban J connectivity index is 5.40. The van der Waals surface area contributed by atoms with Crippen LogP contribution in [0.3, 0.4) is 0 Å². The Hall–Kier alpha value is -1.62. The molecule has 268 valence electrons. The highest BCUT2D eigenvalue weighted by molar-refractivity contribution is 5.76. The van der Waals surface area contributed by atoms with E-state index in [9.17, 15) is 30.0 Å². The average Bonchev–Trinajstić information content (AvgIpc) is 3.06. The highest BCUT2D eigenvalue weighted by atomic mass is 16.5. The van der Waals surface area contributed by atoms with Gasteiger partial charge in [0, 0.05) is 25.9 Å². The summed E-state index contributed by atoms with van der Waals surface area (Å²) in [4.78, 5) is 24.3. The molecule has 0 aliphatic carbocycles. The molecule has 45 heavy (non-hydrogen) atoms. The normalized spacial score (nSPS) is 12.2. The zero-order valence-electron chi connectivity index (χ0n) is 26.0. The standard InChI is InChI=1S/C27H56N4O14/c32-9-21(10-33)28-3-7-44-19-27(20-45-8-4-29-22(11-34)12-35,17-42-5-1-25(40)30-23(13-36)14-37)18-43-6-2-26(41)31-24(15-38)16-39/h21-24,28-29,32-39H,1-20H2,(H,30,40)(H,31,41). The first-order valence-corrected chi connectivity index (χ1v) is 15.0. The van der Waals surface area contributed by atoms with Crippen LogP contribution in [0.2, 0.25) is 0 Å². The fraction of sp³-hybridized carbons (Fsp3) is 0.926. The third-order valence-electron chi connectivity index (χ3n) is 6.43. The van der Waals surface area contributed by atoms with Crippen LogP contribution >= 0.6 is 0 Å². The van der Waals surface area contributed by atoms with Crippen LogP contribution in [0.4, 0.5) is 0 Å². The molecule has 0 atom stereocenters. The van der Waals surface area contributed by atoms with Gasteiger partial charge in [-0.2, -0.15) is 0 Å². The van der Waals surface area contributed by atoms with Crippen LogP contribution in [0.15, 0.2) is 0 Å². The van der Waals surface area contributed by atoms with E-state index in [1.165, 1.54) is 0 Å². The van der Waals surface area contributed by atoms with Crippen LogP contribution in [0.1, 0.15) is 12.8 Å². The second-order valence-corrected chi connectivity index (χ2v) is 10.5. The molecule has 0 fully saturated rings. The van der Waals surface area contributed by atoms with E-state index in [1.54, 1.807) is 0 Å². The van der Waals surface area contributed by atoms with Gasteiger partial charge in [-0.05, 0) is 0 Å². The van der Waals surface area contributed by atoms with Crippen LogP contribution in [0.25, 0.3) is 0 Å². The summed E-state index contributed by atoms with van der Waals surface area (Å²) in [7, 11) is 0. The molecule has 0 aliphatic rings. The molecular formula is C27H56N4O14. The largest absolute Gasteiger partial charge is 0.395 e. The van der Waals surface area contributed by atoms with E-state index in [2.05, 4.69) is 21.3 Å². The second kappa shape index (κ2) is 28.6. The first-order valence-electron chi connectivity index (χ1n) is 15.0. The molecule has 0 unspecified atom stereocenters.